The average Bonchev–Trinajstić information content (AvgIpc) is 2.95. The van der Waals surface area contributed by atoms with Gasteiger partial charge in [-0.3, -0.25) is 9.48 Å². The monoisotopic (exact) mass is 321 g/mol. The van der Waals surface area contributed by atoms with E-state index in [4.69, 9.17) is 4.74 Å². The minimum atomic E-state index is -0.575. The minimum absolute atomic E-state index is 0.0568. The highest BCUT2D eigenvalue weighted by Crippen LogP contribution is 2.40. The third-order valence-electron chi connectivity index (χ3n) is 5.59. The molecule has 1 atom stereocenters. The zero-order chi connectivity index (χ0) is 17.0. The molecular weight excluding hydrogens is 290 g/mol. The minimum Gasteiger partial charge on any atom is -0.367 e. The first-order valence-corrected chi connectivity index (χ1v) is 8.69. The van der Waals surface area contributed by atoms with Gasteiger partial charge in [-0.1, -0.05) is 27.2 Å². The molecule has 23 heavy (non-hydrogen) atoms. The summed E-state index contributed by atoms with van der Waals surface area (Å²) in [7, 11) is 3.41. The van der Waals surface area contributed by atoms with Crippen LogP contribution in [0.3, 0.4) is 0 Å². The average molecular weight is 321 g/mol. The number of aryl methyl sites for hydroxylation is 1. The van der Waals surface area contributed by atoms with E-state index < -0.39 is 6.10 Å². The van der Waals surface area contributed by atoms with Crippen molar-refractivity contribution in [2.45, 2.75) is 65.0 Å². The molecule has 1 heterocycles. The van der Waals surface area contributed by atoms with Crippen molar-refractivity contribution in [3.63, 3.8) is 0 Å². The van der Waals surface area contributed by atoms with Crippen LogP contribution in [0, 0.1) is 11.3 Å². The third-order valence-corrected chi connectivity index (χ3v) is 5.59. The van der Waals surface area contributed by atoms with Crippen molar-refractivity contribution < 1.29 is 9.53 Å². The molecule has 1 amide bonds. The number of rotatable bonds is 6. The van der Waals surface area contributed by atoms with E-state index in [9.17, 15) is 4.79 Å². The number of carbonyl (C=O) groups excluding carboxylic acids is 1. The highest BCUT2D eigenvalue weighted by molar-refractivity contribution is 5.82. The Kier molecular flexibility index (Phi) is 5.84. The summed E-state index contributed by atoms with van der Waals surface area (Å²) < 4.78 is 7.07. The van der Waals surface area contributed by atoms with Crippen LogP contribution in [0.5, 0.6) is 0 Å². The number of nitrogens with zero attached hydrogens (tertiary/aromatic N) is 2. The van der Waals surface area contributed by atoms with Gasteiger partial charge in [-0.25, -0.2) is 0 Å². The fraction of sp³-hybridized carbons (Fsp3) is 0.778. The maximum Gasteiger partial charge on any atom is 0.254 e. The van der Waals surface area contributed by atoms with Crippen molar-refractivity contribution in [3.05, 3.63) is 18.0 Å². The lowest BCUT2D eigenvalue weighted by atomic mass is 9.69. The van der Waals surface area contributed by atoms with Gasteiger partial charge in [-0.2, -0.15) is 5.10 Å². The smallest absolute Gasteiger partial charge is 0.254 e. The molecule has 0 saturated heterocycles. The summed E-state index contributed by atoms with van der Waals surface area (Å²) in [5, 5.41) is 7.28. The van der Waals surface area contributed by atoms with Crippen LogP contribution in [-0.2, 0) is 16.6 Å². The quantitative estimate of drug-likeness (QED) is 0.875. The summed E-state index contributed by atoms with van der Waals surface area (Å²) in [5.74, 6) is 0.705. The van der Waals surface area contributed by atoms with E-state index in [1.54, 1.807) is 18.0 Å². The van der Waals surface area contributed by atoms with E-state index in [1.165, 1.54) is 19.3 Å². The fourth-order valence-corrected chi connectivity index (χ4v) is 3.55. The van der Waals surface area contributed by atoms with Gasteiger partial charge in [-0.15, -0.1) is 0 Å². The van der Waals surface area contributed by atoms with E-state index in [0.29, 0.717) is 5.41 Å². The van der Waals surface area contributed by atoms with Crippen LogP contribution in [0.1, 0.15) is 64.5 Å². The second-order valence-electron chi connectivity index (χ2n) is 7.46. The molecule has 1 aromatic rings. The second-order valence-corrected chi connectivity index (χ2v) is 7.46. The first-order chi connectivity index (χ1) is 10.9. The summed E-state index contributed by atoms with van der Waals surface area (Å²) in [5.41, 5.74) is 1.20. The van der Waals surface area contributed by atoms with Gasteiger partial charge in [-0.05, 0) is 37.0 Å². The Hall–Kier alpha value is -1.36. The highest BCUT2D eigenvalue weighted by Gasteiger charge is 2.33. The second kappa shape index (κ2) is 7.47. The largest absolute Gasteiger partial charge is 0.367 e. The van der Waals surface area contributed by atoms with Crippen molar-refractivity contribution in [2.75, 3.05) is 7.11 Å². The third kappa shape index (κ3) is 4.34. The number of nitrogens with one attached hydrogen (secondary N) is 1. The predicted molar refractivity (Wildman–Crippen MR) is 90.9 cm³/mol. The molecule has 2 rings (SSSR count). The van der Waals surface area contributed by atoms with Gasteiger partial charge in [0.2, 0.25) is 0 Å². The number of amides is 1. The Morgan fingerprint density at radius 3 is 2.57 bits per heavy atom. The molecular formula is C18H31N3O2. The predicted octanol–water partition coefficient (Wildman–Crippen LogP) is 3.22. The lowest BCUT2D eigenvalue weighted by Gasteiger charge is -2.39. The first kappa shape index (κ1) is 18.0. The van der Waals surface area contributed by atoms with E-state index >= 15 is 0 Å². The van der Waals surface area contributed by atoms with Crippen molar-refractivity contribution in [3.8, 4) is 0 Å². The van der Waals surface area contributed by atoms with Crippen molar-refractivity contribution in [2.24, 2.45) is 18.4 Å². The normalized spacial score (nSPS) is 23.5. The van der Waals surface area contributed by atoms with E-state index in [-0.39, 0.29) is 11.9 Å². The van der Waals surface area contributed by atoms with Crippen LogP contribution in [0.15, 0.2) is 12.4 Å². The summed E-state index contributed by atoms with van der Waals surface area (Å²) in [4.78, 5) is 12.5. The van der Waals surface area contributed by atoms with Gasteiger partial charge in [0.25, 0.3) is 5.91 Å². The lowest BCUT2D eigenvalue weighted by Crippen LogP contribution is -2.42. The first-order valence-electron chi connectivity index (χ1n) is 8.69. The molecule has 0 bridgehead atoms. The fourth-order valence-electron chi connectivity index (χ4n) is 3.55. The molecule has 1 unspecified atom stereocenters. The van der Waals surface area contributed by atoms with Gasteiger partial charge < -0.3 is 10.1 Å². The lowest BCUT2D eigenvalue weighted by molar-refractivity contribution is -0.132. The molecule has 1 aliphatic carbocycles. The Morgan fingerprint density at radius 2 is 2.09 bits per heavy atom. The molecule has 5 nitrogen and oxygen atoms in total. The summed E-state index contributed by atoms with van der Waals surface area (Å²) in [6, 6.07) is 0.265. The molecule has 130 valence electrons. The van der Waals surface area contributed by atoms with Gasteiger partial charge in [0.05, 0.1) is 6.20 Å². The number of hydrogen-bond donors (Lipinski definition) is 1. The summed E-state index contributed by atoms with van der Waals surface area (Å²) >= 11 is 0. The maximum atomic E-state index is 12.5. The zero-order valence-electron chi connectivity index (χ0n) is 15.1. The van der Waals surface area contributed by atoms with Gasteiger partial charge in [0.15, 0.2) is 6.10 Å². The van der Waals surface area contributed by atoms with E-state index in [1.807, 2.05) is 13.2 Å². The van der Waals surface area contributed by atoms with Gasteiger partial charge in [0, 0.05) is 32.0 Å². The summed E-state index contributed by atoms with van der Waals surface area (Å²) in [6.45, 7) is 6.99. The topological polar surface area (TPSA) is 56.1 Å². The van der Waals surface area contributed by atoms with Crippen LogP contribution in [0.2, 0.25) is 0 Å². The molecule has 1 saturated carbocycles. The van der Waals surface area contributed by atoms with Gasteiger partial charge in [0.1, 0.15) is 0 Å². The van der Waals surface area contributed by atoms with Crippen molar-refractivity contribution >= 4 is 5.91 Å². The van der Waals surface area contributed by atoms with Crippen LogP contribution in [0.25, 0.3) is 0 Å². The molecule has 5 heteroatoms. The molecule has 0 aliphatic heterocycles. The Bertz CT molecular complexity index is 516. The van der Waals surface area contributed by atoms with Crippen LogP contribution in [0.4, 0.5) is 0 Å². The number of hydrogen-bond acceptors (Lipinski definition) is 3. The molecule has 0 spiro atoms. The van der Waals surface area contributed by atoms with E-state index in [0.717, 1.165) is 24.3 Å². The maximum absolute atomic E-state index is 12.5. The highest BCUT2D eigenvalue weighted by atomic mass is 16.5. The molecule has 1 aromatic heterocycles. The van der Waals surface area contributed by atoms with E-state index in [2.05, 4.69) is 31.2 Å². The Labute approximate surface area is 139 Å². The molecule has 1 aliphatic rings. The molecule has 0 aromatic carbocycles. The number of aromatic nitrogens is 2. The summed E-state index contributed by atoms with van der Waals surface area (Å²) in [6.07, 6.45) is 8.65. The standard InChI is InChI=1S/C18H31N3O2/c1-6-18(2,3)14-7-9-15(10-8-14)20-17(22)16(23-5)13-11-19-21(4)12-13/h11-12,14-16H,6-10H2,1-5H3,(H,20,22). The number of carbonyl (C=O) groups is 1. The zero-order valence-corrected chi connectivity index (χ0v) is 15.1. The number of methoxy groups -OCH3 is 1. The molecule has 1 N–H and O–H groups in total. The number of ether oxygens (including phenoxy) is 1. The molecule has 1 fully saturated rings. The molecule has 0 radical (unpaired) electrons. The van der Waals surface area contributed by atoms with Crippen LogP contribution < -0.4 is 5.32 Å². The van der Waals surface area contributed by atoms with Crippen molar-refractivity contribution in [1.82, 2.24) is 15.1 Å². The van der Waals surface area contributed by atoms with Gasteiger partial charge >= 0.3 is 0 Å². The SMILES string of the molecule is CCC(C)(C)C1CCC(NC(=O)C(OC)c2cnn(C)c2)CC1. The van der Waals surface area contributed by atoms with Crippen LogP contribution in [-0.4, -0.2) is 28.8 Å². The van der Waals surface area contributed by atoms with Crippen molar-refractivity contribution in [1.29, 1.82) is 0 Å². The Morgan fingerprint density at radius 1 is 1.43 bits per heavy atom. The van der Waals surface area contributed by atoms with Crippen LogP contribution >= 0.6 is 0 Å². The Balaban J connectivity index is 1.89.